The summed E-state index contributed by atoms with van der Waals surface area (Å²) in [6.45, 7) is 5.09. The lowest BCUT2D eigenvalue weighted by Crippen LogP contribution is -2.27. The molecule has 27 heavy (non-hydrogen) atoms. The second-order valence-electron chi connectivity index (χ2n) is 5.70. The maximum Gasteiger partial charge on any atom is 0.350 e. The topological polar surface area (TPSA) is 90.3 Å². The van der Waals surface area contributed by atoms with Crippen molar-refractivity contribution in [1.29, 1.82) is 0 Å². The number of carbonyl (C=O) groups excluding carboxylic acids is 2. The maximum atomic E-state index is 12.5. The van der Waals surface area contributed by atoms with E-state index in [1.807, 2.05) is 12.1 Å². The molecule has 7 nitrogen and oxygen atoms in total. The van der Waals surface area contributed by atoms with Crippen LogP contribution in [0, 0.1) is 6.92 Å². The van der Waals surface area contributed by atoms with Crippen molar-refractivity contribution >= 4 is 39.1 Å². The number of hydrogen-bond donors (Lipinski definition) is 1. The Bertz CT molecular complexity index is 1080. The fourth-order valence-electron chi connectivity index (χ4n) is 2.51. The summed E-state index contributed by atoms with van der Waals surface area (Å²) in [5, 5.41) is 4.26. The van der Waals surface area contributed by atoms with Crippen LogP contribution in [-0.2, 0) is 16.1 Å². The number of rotatable bonds is 6. The molecule has 3 aromatic rings. The van der Waals surface area contributed by atoms with E-state index in [-0.39, 0.29) is 23.8 Å². The molecule has 0 aliphatic heterocycles. The van der Waals surface area contributed by atoms with Crippen LogP contribution in [0.4, 0.5) is 5.13 Å². The minimum Gasteiger partial charge on any atom is -0.457 e. The zero-order valence-electron chi connectivity index (χ0n) is 14.6. The Morgan fingerprint density at radius 2 is 2.11 bits per heavy atom. The molecule has 0 atom stereocenters. The molecule has 138 valence electrons. The highest BCUT2D eigenvalue weighted by Crippen LogP contribution is 2.23. The number of amides is 1. The highest BCUT2D eigenvalue weighted by molar-refractivity contribution is 7.17. The van der Waals surface area contributed by atoms with Gasteiger partial charge in [-0.2, -0.15) is 0 Å². The van der Waals surface area contributed by atoms with Crippen LogP contribution in [0.1, 0.15) is 15.4 Å². The Morgan fingerprint density at radius 3 is 2.89 bits per heavy atom. The molecular formula is C19H17N3O4S. The van der Waals surface area contributed by atoms with Gasteiger partial charge in [0.15, 0.2) is 5.13 Å². The number of nitrogens with zero attached hydrogens (tertiary/aromatic N) is 2. The van der Waals surface area contributed by atoms with Crippen molar-refractivity contribution in [3.05, 3.63) is 70.1 Å². The van der Waals surface area contributed by atoms with Crippen molar-refractivity contribution in [3.63, 3.8) is 0 Å². The monoisotopic (exact) mass is 383 g/mol. The fraction of sp³-hybridized carbons (Fsp3) is 0.158. The smallest absolute Gasteiger partial charge is 0.350 e. The number of nitrogens with one attached hydrogen (secondary N) is 1. The van der Waals surface area contributed by atoms with Gasteiger partial charge in [-0.05, 0) is 24.4 Å². The molecule has 0 bridgehead atoms. The third-order valence-corrected chi connectivity index (χ3v) is 4.81. The molecule has 0 aliphatic rings. The Kier molecular flexibility index (Phi) is 5.46. The molecule has 2 aromatic heterocycles. The zero-order chi connectivity index (χ0) is 19.4. The van der Waals surface area contributed by atoms with Crippen molar-refractivity contribution in [2.75, 3.05) is 11.9 Å². The standard InChI is InChI=1S/C19H17N3O4S/c1-3-10-26-18(25)16-12(2)20-19(27-16)21-15(23)11-22-9-8-13-6-4-5-7-14(13)17(22)24/h3-9H,1,10-11H2,2H3,(H,20,21,23). The van der Waals surface area contributed by atoms with Crippen LogP contribution < -0.4 is 10.9 Å². The molecule has 8 heteroatoms. The van der Waals surface area contributed by atoms with E-state index >= 15 is 0 Å². The van der Waals surface area contributed by atoms with E-state index in [1.165, 1.54) is 10.6 Å². The molecule has 2 heterocycles. The number of pyridine rings is 1. The predicted molar refractivity (Wildman–Crippen MR) is 104 cm³/mol. The number of esters is 1. The zero-order valence-corrected chi connectivity index (χ0v) is 15.4. The molecule has 0 spiro atoms. The van der Waals surface area contributed by atoms with Crippen LogP contribution in [0.25, 0.3) is 10.8 Å². The predicted octanol–water partition coefficient (Wildman–Crippen LogP) is 2.75. The van der Waals surface area contributed by atoms with E-state index in [0.29, 0.717) is 16.0 Å². The number of aromatic nitrogens is 2. The molecule has 0 saturated carbocycles. The highest BCUT2D eigenvalue weighted by Gasteiger charge is 2.18. The summed E-state index contributed by atoms with van der Waals surface area (Å²) in [4.78, 5) is 41.2. The first-order valence-electron chi connectivity index (χ1n) is 8.13. The van der Waals surface area contributed by atoms with Crippen molar-refractivity contribution in [2.24, 2.45) is 0 Å². The van der Waals surface area contributed by atoms with Crippen LogP contribution in [0.3, 0.4) is 0 Å². The molecule has 0 saturated heterocycles. The van der Waals surface area contributed by atoms with E-state index < -0.39 is 11.9 Å². The summed E-state index contributed by atoms with van der Waals surface area (Å²) >= 11 is 1.02. The summed E-state index contributed by atoms with van der Waals surface area (Å²) in [7, 11) is 0. The van der Waals surface area contributed by atoms with E-state index in [2.05, 4.69) is 16.9 Å². The van der Waals surface area contributed by atoms with Gasteiger partial charge >= 0.3 is 5.97 Å². The Balaban J connectivity index is 1.73. The molecule has 0 radical (unpaired) electrons. The van der Waals surface area contributed by atoms with Crippen molar-refractivity contribution in [2.45, 2.75) is 13.5 Å². The summed E-state index contributed by atoms with van der Waals surface area (Å²) in [6, 6.07) is 8.97. The summed E-state index contributed by atoms with van der Waals surface area (Å²) in [5.41, 5.74) is 0.222. The van der Waals surface area contributed by atoms with Crippen molar-refractivity contribution in [3.8, 4) is 0 Å². The molecule has 1 aromatic carbocycles. The van der Waals surface area contributed by atoms with Crippen LogP contribution >= 0.6 is 11.3 Å². The summed E-state index contributed by atoms with van der Waals surface area (Å²) in [6.07, 6.45) is 3.05. The average Bonchev–Trinajstić information content (AvgIpc) is 3.02. The van der Waals surface area contributed by atoms with Gasteiger partial charge in [0.2, 0.25) is 5.91 Å². The lowest BCUT2D eigenvalue weighted by Gasteiger charge is -2.06. The Labute approximate surface area is 158 Å². The van der Waals surface area contributed by atoms with Gasteiger partial charge in [-0.1, -0.05) is 42.2 Å². The van der Waals surface area contributed by atoms with Crippen molar-refractivity contribution in [1.82, 2.24) is 9.55 Å². The number of anilines is 1. The van der Waals surface area contributed by atoms with Gasteiger partial charge in [-0.15, -0.1) is 0 Å². The fourth-order valence-corrected chi connectivity index (χ4v) is 3.38. The largest absolute Gasteiger partial charge is 0.457 e. The second-order valence-corrected chi connectivity index (χ2v) is 6.70. The molecule has 0 aliphatic carbocycles. The molecule has 0 fully saturated rings. The highest BCUT2D eigenvalue weighted by atomic mass is 32.1. The molecular weight excluding hydrogens is 366 g/mol. The minimum absolute atomic E-state index is 0.0999. The van der Waals surface area contributed by atoms with Crippen LogP contribution in [0.5, 0.6) is 0 Å². The van der Waals surface area contributed by atoms with Crippen LogP contribution in [0.2, 0.25) is 0 Å². The molecule has 1 amide bonds. The number of fused-ring (bicyclic) bond motifs is 1. The second kappa shape index (κ2) is 7.96. The SMILES string of the molecule is C=CCOC(=O)c1sc(NC(=O)Cn2ccc3ccccc3c2=O)nc1C. The number of carbonyl (C=O) groups is 2. The van der Waals surface area contributed by atoms with Gasteiger partial charge in [0.05, 0.1) is 5.69 Å². The number of hydrogen-bond acceptors (Lipinski definition) is 6. The van der Waals surface area contributed by atoms with E-state index in [0.717, 1.165) is 16.7 Å². The normalized spacial score (nSPS) is 10.6. The Hall–Kier alpha value is -3.26. The van der Waals surface area contributed by atoms with E-state index in [4.69, 9.17) is 4.74 Å². The number of aryl methyl sites for hydroxylation is 1. The van der Waals surface area contributed by atoms with Gasteiger partial charge < -0.3 is 14.6 Å². The van der Waals surface area contributed by atoms with Gasteiger partial charge in [0, 0.05) is 11.6 Å². The third kappa shape index (κ3) is 4.12. The summed E-state index contributed by atoms with van der Waals surface area (Å²) < 4.78 is 6.31. The van der Waals surface area contributed by atoms with Crippen LogP contribution in [-0.4, -0.2) is 28.0 Å². The lowest BCUT2D eigenvalue weighted by molar-refractivity contribution is -0.116. The Morgan fingerprint density at radius 1 is 1.33 bits per heavy atom. The van der Waals surface area contributed by atoms with Crippen LogP contribution in [0.15, 0.2) is 54.0 Å². The molecule has 1 N–H and O–H groups in total. The quantitative estimate of drug-likeness (QED) is 0.522. The van der Waals surface area contributed by atoms with E-state index in [1.54, 1.807) is 31.3 Å². The molecule has 0 unspecified atom stereocenters. The van der Waals surface area contributed by atoms with Gasteiger partial charge in [0.1, 0.15) is 18.0 Å². The van der Waals surface area contributed by atoms with Gasteiger partial charge in [-0.25, -0.2) is 9.78 Å². The lowest BCUT2D eigenvalue weighted by atomic mass is 10.2. The first-order chi connectivity index (χ1) is 13.0. The summed E-state index contributed by atoms with van der Waals surface area (Å²) in [5.74, 6) is -0.928. The van der Waals surface area contributed by atoms with Gasteiger partial charge in [0.25, 0.3) is 5.56 Å². The van der Waals surface area contributed by atoms with E-state index in [9.17, 15) is 14.4 Å². The van der Waals surface area contributed by atoms with Gasteiger partial charge in [-0.3, -0.25) is 9.59 Å². The first-order valence-corrected chi connectivity index (χ1v) is 8.94. The average molecular weight is 383 g/mol. The molecule has 3 rings (SSSR count). The minimum atomic E-state index is -0.517. The number of thiazole rings is 1. The first kappa shape index (κ1) is 18.5. The number of benzene rings is 1. The number of ether oxygens (including phenoxy) is 1. The third-order valence-electron chi connectivity index (χ3n) is 3.76. The maximum absolute atomic E-state index is 12.5. The van der Waals surface area contributed by atoms with Crippen molar-refractivity contribution < 1.29 is 14.3 Å².